The van der Waals surface area contributed by atoms with Gasteiger partial charge in [0.05, 0.1) is 12.2 Å². The van der Waals surface area contributed by atoms with Crippen molar-refractivity contribution in [2.24, 2.45) is 5.73 Å². The van der Waals surface area contributed by atoms with E-state index in [0.717, 1.165) is 16.7 Å². The minimum atomic E-state index is 0.411. The third kappa shape index (κ3) is 0.950. The Kier molecular flexibility index (Phi) is 1.52. The molecule has 0 aliphatic carbocycles. The van der Waals surface area contributed by atoms with Crippen LogP contribution in [0.3, 0.4) is 0 Å². The maximum absolute atomic E-state index is 5.69. The van der Waals surface area contributed by atoms with Crippen LogP contribution in [0.5, 0.6) is 0 Å². The van der Waals surface area contributed by atoms with Gasteiger partial charge in [-0.2, -0.15) is 0 Å². The van der Waals surface area contributed by atoms with E-state index in [-0.39, 0.29) is 0 Å². The van der Waals surface area contributed by atoms with Crippen LogP contribution in [0.1, 0.15) is 5.76 Å². The van der Waals surface area contributed by atoms with Gasteiger partial charge in [0.1, 0.15) is 5.76 Å². The minimum Gasteiger partial charge on any atom is -0.458 e. The second kappa shape index (κ2) is 2.53. The molecule has 0 saturated heterocycles. The van der Waals surface area contributed by atoms with Crippen LogP contribution in [0.15, 0.2) is 28.7 Å². The van der Waals surface area contributed by atoms with E-state index in [0.29, 0.717) is 12.2 Å². The summed E-state index contributed by atoms with van der Waals surface area (Å²) in [6, 6.07) is 7.57. The van der Waals surface area contributed by atoms with Gasteiger partial charge in [0.15, 0.2) is 5.58 Å². The van der Waals surface area contributed by atoms with Crippen molar-refractivity contribution in [2.45, 2.75) is 6.54 Å². The Balaban J connectivity index is 2.74. The first-order chi connectivity index (χ1) is 5.81. The smallest absolute Gasteiger partial charge is 0.157 e. The van der Waals surface area contributed by atoms with Crippen LogP contribution in [0, 0.1) is 0 Å². The van der Waals surface area contributed by atoms with Crippen LogP contribution in [0.2, 0.25) is 0 Å². The van der Waals surface area contributed by atoms with Crippen LogP contribution in [0.25, 0.3) is 11.0 Å². The predicted octanol–water partition coefficient (Wildman–Crippen LogP) is 1.47. The zero-order valence-corrected chi connectivity index (χ0v) is 6.58. The summed E-state index contributed by atoms with van der Waals surface area (Å²) in [7, 11) is 0. The van der Waals surface area contributed by atoms with Gasteiger partial charge in [-0.25, -0.2) is 0 Å². The summed E-state index contributed by atoms with van der Waals surface area (Å²) in [5, 5.41) is 1.01. The largest absolute Gasteiger partial charge is 0.458 e. The minimum absolute atomic E-state index is 0.411. The van der Waals surface area contributed by atoms with Crippen molar-refractivity contribution in [1.82, 2.24) is 0 Å². The molecule has 62 valence electrons. The number of hydrogen-bond donors (Lipinski definition) is 2. The summed E-state index contributed by atoms with van der Waals surface area (Å²) in [6.45, 7) is 0.411. The highest BCUT2D eigenvalue weighted by Crippen LogP contribution is 2.24. The average Bonchev–Trinajstić information content (AvgIpc) is 2.49. The molecule has 0 bridgehead atoms. The van der Waals surface area contributed by atoms with Crippen molar-refractivity contribution in [3.05, 3.63) is 30.0 Å². The molecule has 0 spiro atoms. The van der Waals surface area contributed by atoms with Gasteiger partial charge in [-0.1, -0.05) is 12.1 Å². The number of hydrogen-bond acceptors (Lipinski definition) is 3. The molecular weight excluding hydrogens is 152 g/mol. The van der Waals surface area contributed by atoms with Gasteiger partial charge >= 0.3 is 0 Å². The number of anilines is 1. The lowest BCUT2D eigenvalue weighted by Crippen LogP contribution is -1.92. The molecule has 0 radical (unpaired) electrons. The van der Waals surface area contributed by atoms with Crippen LogP contribution < -0.4 is 11.5 Å². The molecular formula is C9H10N2O. The van der Waals surface area contributed by atoms with Gasteiger partial charge in [0, 0.05) is 5.39 Å². The van der Waals surface area contributed by atoms with Crippen LogP contribution in [-0.4, -0.2) is 0 Å². The Bertz CT molecular complexity index is 406. The second-order valence-electron chi connectivity index (χ2n) is 2.68. The highest BCUT2D eigenvalue weighted by atomic mass is 16.3. The maximum atomic E-state index is 5.69. The standard InChI is InChI=1S/C9H10N2O/c10-5-7-4-6-2-1-3-8(11)9(6)12-7/h1-4H,5,10-11H2. The molecule has 0 aliphatic heterocycles. The van der Waals surface area contributed by atoms with Crippen molar-refractivity contribution < 1.29 is 4.42 Å². The van der Waals surface area contributed by atoms with E-state index in [9.17, 15) is 0 Å². The van der Waals surface area contributed by atoms with Crippen LogP contribution >= 0.6 is 0 Å². The molecule has 3 nitrogen and oxygen atoms in total. The second-order valence-corrected chi connectivity index (χ2v) is 2.68. The lowest BCUT2D eigenvalue weighted by molar-refractivity contribution is 0.553. The molecule has 4 N–H and O–H groups in total. The zero-order valence-electron chi connectivity index (χ0n) is 6.58. The van der Waals surface area contributed by atoms with E-state index in [1.807, 2.05) is 24.3 Å². The highest BCUT2D eigenvalue weighted by molar-refractivity contribution is 5.88. The third-order valence-corrected chi connectivity index (χ3v) is 1.83. The monoisotopic (exact) mass is 162 g/mol. The SMILES string of the molecule is NCc1cc2cccc(N)c2o1. The molecule has 1 aromatic carbocycles. The van der Waals surface area contributed by atoms with Crippen molar-refractivity contribution >= 4 is 16.7 Å². The highest BCUT2D eigenvalue weighted by Gasteiger charge is 2.03. The number of rotatable bonds is 1. The van der Waals surface area contributed by atoms with Crippen molar-refractivity contribution in [3.8, 4) is 0 Å². The number of nitrogens with two attached hydrogens (primary N) is 2. The Labute approximate surface area is 70.0 Å². The molecule has 0 amide bonds. The number of para-hydroxylation sites is 1. The van der Waals surface area contributed by atoms with Crippen LogP contribution in [-0.2, 0) is 6.54 Å². The predicted molar refractivity (Wildman–Crippen MR) is 48.5 cm³/mol. The van der Waals surface area contributed by atoms with Gasteiger partial charge < -0.3 is 15.9 Å². The molecule has 0 atom stereocenters. The molecule has 0 fully saturated rings. The first-order valence-corrected chi connectivity index (χ1v) is 3.78. The number of fused-ring (bicyclic) bond motifs is 1. The third-order valence-electron chi connectivity index (χ3n) is 1.83. The van der Waals surface area contributed by atoms with E-state index < -0.39 is 0 Å². The Morgan fingerprint density at radius 3 is 2.83 bits per heavy atom. The summed E-state index contributed by atoms with van der Waals surface area (Å²) in [4.78, 5) is 0. The first kappa shape index (κ1) is 7.18. The van der Waals surface area contributed by atoms with Gasteiger partial charge in [-0.3, -0.25) is 0 Å². The van der Waals surface area contributed by atoms with Gasteiger partial charge in [-0.15, -0.1) is 0 Å². The molecule has 1 aromatic heterocycles. The van der Waals surface area contributed by atoms with Crippen molar-refractivity contribution in [2.75, 3.05) is 5.73 Å². The fourth-order valence-electron chi connectivity index (χ4n) is 1.24. The Hall–Kier alpha value is -1.48. The lowest BCUT2D eigenvalue weighted by Gasteiger charge is -1.91. The fourth-order valence-corrected chi connectivity index (χ4v) is 1.24. The average molecular weight is 162 g/mol. The summed E-state index contributed by atoms with van der Waals surface area (Å²) >= 11 is 0. The van der Waals surface area contributed by atoms with Crippen molar-refractivity contribution in [1.29, 1.82) is 0 Å². The molecule has 0 unspecified atom stereocenters. The summed E-state index contributed by atoms with van der Waals surface area (Å²) in [5.74, 6) is 0.767. The molecule has 12 heavy (non-hydrogen) atoms. The first-order valence-electron chi connectivity index (χ1n) is 3.78. The maximum Gasteiger partial charge on any atom is 0.157 e. The quantitative estimate of drug-likeness (QED) is 0.624. The van der Waals surface area contributed by atoms with Gasteiger partial charge in [-0.05, 0) is 12.1 Å². The Morgan fingerprint density at radius 1 is 1.33 bits per heavy atom. The molecule has 2 rings (SSSR count). The molecule has 0 saturated carbocycles. The molecule has 1 heterocycles. The van der Waals surface area contributed by atoms with Crippen molar-refractivity contribution in [3.63, 3.8) is 0 Å². The lowest BCUT2D eigenvalue weighted by atomic mass is 10.2. The Morgan fingerprint density at radius 2 is 2.17 bits per heavy atom. The number of nitrogen functional groups attached to an aromatic ring is 1. The summed E-state index contributed by atoms with van der Waals surface area (Å²) in [6.07, 6.45) is 0. The van der Waals surface area contributed by atoms with E-state index in [1.165, 1.54) is 0 Å². The van der Waals surface area contributed by atoms with E-state index in [1.54, 1.807) is 0 Å². The molecule has 2 aromatic rings. The van der Waals surface area contributed by atoms with Crippen LogP contribution in [0.4, 0.5) is 5.69 Å². The van der Waals surface area contributed by atoms with Gasteiger partial charge in [0.25, 0.3) is 0 Å². The molecule has 3 heteroatoms. The summed E-state index contributed by atoms with van der Waals surface area (Å²) < 4.78 is 5.40. The molecule has 0 aliphatic rings. The normalized spacial score (nSPS) is 10.8. The summed E-state index contributed by atoms with van der Waals surface area (Å²) in [5.41, 5.74) is 12.5. The fraction of sp³-hybridized carbons (Fsp3) is 0.111. The van der Waals surface area contributed by atoms with E-state index >= 15 is 0 Å². The van der Waals surface area contributed by atoms with E-state index in [4.69, 9.17) is 15.9 Å². The van der Waals surface area contributed by atoms with Gasteiger partial charge in [0.2, 0.25) is 0 Å². The zero-order chi connectivity index (χ0) is 8.55. The number of furan rings is 1. The van der Waals surface area contributed by atoms with E-state index in [2.05, 4.69) is 0 Å². The topological polar surface area (TPSA) is 65.2 Å². The number of benzene rings is 1.